The van der Waals surface area contributed by atoms with Crippen molar-refractivity contribution in [2.45, 2.75) is 24.1 Å². The number of fused-ring (bicyclic) bond motifs is 1. The van der Waals surface area contributed by atoms with E-state index in [2.05, 4.69) is 50.2 Å². The zero-order valence-electron chi connectivity index (χ0n) is 9.57. The molecule has 17 heavy (non-hydrogen) atoms. The number of rotatable bonds is 3. The first-order valence-corrected chi connectivity index (χ1v) is 6.93. The number of nitrogens with one attached hydrogen (secondary N) is 1. The Hall–Kier alpha value is -1.09. The van der Waals surface area contributed by atoms with Crippen LogP contribution in [-0.4, -0.2) is 14.8 Å². The molecule has 0 bridgehead atoms. The lowest BCUT2D eigenvalue weighted by molar-refractivity contribution is 0.530. The molecule has 0 amide bonds. The quantitative estimate of drug-likeness (QED) is 0.865. The second-order valence-corrected chi connectivity index (χ2v) is 5.87. The predicted molar refractivity (Wildman–Crippen MR) is 72.3 cm³/mol. The number of imidazole rings is 1. The van der Waals surface area contributed by atoms with Crippen LogP contribution in [0.2, 0.25) is 0 Å². The smallest absolute Gasteiger partial charge is 0.107 e. The molecule has 1 unspecified atom stereocenters. The monoisotopic (exact) mass is 290 g/mol. The number of H-pyrrole nitrogens is 1. The van der Waals surface area contributed by atoms with Crippen molar-refractivity contribution in [1.82, 2.24) is 9.97 Å². The minimum Gasteiger partial charge on any atom is -0.349 e. The Morgan fingerprint density at radius 2 is 2.00 bits per heavy atom. The minimum atomic E-state index is 0.501. The molecule has 1 atom stereocenters. The molecule has 0 saturated heterocycles. The van der Waals surface area contributed by atoms with Gasteiger partial charge in [0.25, 0.3) is 0 Å². The van der Waals surface area contributed by atoms with Crippen molar-refractivity contribution >= 4 is 15.9 Å². The van der Waals surface area contributed by atoms with Gasteiger partial charge in [0.15, 0.2) is 0 Å². The second-order valence-electron chi connectivity index (χ2n) is 4.69. The van der Waals surface area contributed by atoms with Crippen LogP contribution in [-0.2, 0) is 19.3 Å². The van der Waals surface area contributed by atoms with E-state index in [1.807, 2.05) is 12.4 Å². The summed E-state index contributed by atoms with van der Waals surface area (Å²) >= 11 is 3.83. The van der Waals surface area contributed by atoms with Gasteiger partial charge >= 0.3 is 0 Å². The highest BCUT2D eigenvalue weighted by Gasteiger charge is 2.27. The number of benzene rings is 1. The van der Waals surface area contributed by atoms with Crippen LogP contribution in [0.1, 0.15) is 17.0 Å². The fourth-order valence-corrected chi connectivity index (χ4v) is 3.29. The molecular formula is C14H15BrN2. The molecule has 0 aliphatic heterocycles. The van der Waals surface area contributed by atoms with Crippen molar-refractivity contribution in [2.24, 2.45) is 5.92 Å². The molecule has 0 saturated carbocycles. The van der Waals surface area contributed by atoms with Crippen LogP contribution < -0.4 is 0 Å². The van der Waals surface area contributed by atoms with Crippen LogP contribution in [0.3, 0.4) is 0 Å². The number of halogens is 1. The summed E-state index contributed by atoms with van der Waals surface area (Å²) < 4.78 is 0. The molecule has 2 aromatic rings. The third-order valence-electron chi connectivity index (χ3n) is 3.54. The maximum Gasteiger partial charge on any atom is 0.107 e. The second kappa shape index (κ2) is 4.65. The molecule has 3 heteroatoms. The van der Waals surface area contributed by atoms with E-state index in [4.69, 9.17) is 0 Å². The van der Waals surface area contributed by atoms with Crippen molar-refractivity contribution in [3.8, 4) is 0 Å². The lowest BCUT2D eigenvalue weighted by Crippen LogP contribution is -2.18. The Labute approximate surface area is 110 Å². The maximum absolute atomic E-state index is 4.29. The summed E-state index contributed by atoms with van der Waals surface area (Å²) in [6.07, 6.45) is 7.06. The van der Waals surface area contributed by atoms with Gasteiger partial charge in [0.1, 0.15) is 5.82 Å². The Kier molecular flexibility index (Phi) is 3.02. The number of alkyl halides is 1. The number of hydrogen-bond donors (Lipinski definition) is 1. The lowest BCUT2D eigenvalue weighted by atomic mass is 10.00. The maximum atomic E-state index is 4.29. The van der Waals surface area contributed by atoms with Gasteiger partial charge in [0.05, 0.1) is 0 Å². The van der Waals surface area contributed by atoms with Gasteiger partial charge < -0.3 is 4.98 Å². The highest BCUT2D eigenvalue weighted by Crippen LogP contribution is 2.32. The summed E-state index contributed by atoms with van der Waals surface area (Å²) in [6, 6.07) is 8.78. The van der Waals surface area contributed by atoms with Gasteiger partial charge in [-0.2, -0.15) is 0 Å². The zero-order valence-corrected chi connectivity index (χ0v) is 11.2. The standard InChI is InChI=1S/C14H15BrN2/c15-13(9-14-16-5-6-17-14)12-7-10-3-1-2-4-11(10)8-12/h1-6,12-13H,7-9H2,(H,16,17). The molecule has 1 heterocycles. The van der Waals surface area contributed by atoms with E-state index in [1.165, 1.54) is 24.0 Å². The van der Waals surface area contributed by atoms with E-state index in [0.717, 1.165) is 12.2 Å². The first kappa shape index (κ1) is 11.0. The van der Waals surface area contributed by atoms with E-state index in [9.17, 15) is 0 Å². The third-order valence-corrected chi connectivity index (χ3v) is 4.61. The summed E-state index contributed by atoms with van der Waals surface area (Å²) in [5, 5.41) is 0. The predicted octanol–water partition coefficient (Wildman–Crippen LogP) is 3.13. The van der Waals surface area contributed by atoms with Crippen LogP contribution in [0, 0.1) is 5.92 Å². The van der Waals surface area contributed by atoms with E-state index >= 15 is 0 Å². The Bertz CT molecular complexity index is 468. The first-order chi connectivity index (χ1) is 8.33. The van der Waals surface area contributed by atoms with Gasteiger partial charge in [-0.1, -0.05) is 40.2 Å². The molecule has 88 valence electrons. The van der Waals surface area contributed by atoms with Crippen LogP contribution in [0.4, 0.5) is 0 Å². The summed E-state index contributed by atoms with van der Waals surface area (Å²) in [5.41, 5.74) is 3.03. The Morgan fingerprint density at radius 1 is 1.29 bits per heavy atom. The number of aromatic amines is 1. The molecule has 1 aromatic carbocycles. The molecule has 0 spiro atoms. The van der Waals surface area contributed by atoms with Crippen molar-refractivity contribution in [2.75, 3.05) is 0 Å². The van der Waals surface area contributed by atoms with Gasteiger partial charge in [-0.25, -0.2) is 4.98 Å². The highest BCUT2D eigenvalue weighted by molar-refractivity contribution is 9.09. The SMILES string of the molecule is BrC(Cc1ncc[nH]1)C1Cc2ccccc2C1. The molecule has 1 aliphatic carbocycles. The van der Waals surface area contributed by atoms with Crippen molar-refractivity contribution in [3.05, 3.63) is 53.6 Å². The lowest BCUT2D eigenvalue weighted by Gasteiger charge is -2.15. The van der Waals surface area contributed by atoms with E-state index in [1.54, 1.807) is 0 Å². The van der Waals surface area contributed by atoms with Crippen LogP contribution in [0.25, 0.3) is 0 Å². The highest BCUT2D eigenvalue weighted by atomic mass is 79.9. The van der Waals surface area contributed by atoms with Gasteiger partial charge in [-0.15, -0.1) is 0 Å². The Morgan fingerprint density at radius 3 is 2.59 bits per heavy atom. The summed E-state index contributed by atoms with van der Waals surface area (Å²) in [4.78, 5) is 7.96. The van der Waals surface area contributed by atoms with E-state index < -0.39 is 0 Å². The molecule has 2 nitrogen and oxygen atoms in total. The number of nitrogens with zero attached hydrogens (tertiary/aromatic N) is 1. The average Bonchev–Trinajstić information content (AvgIpc) is 2.96. The normalized spacial score (nSPS) is 17.0. The number of hydrogen-bond acceptors (Lipinski definition) is 1. The molecule has 1 N–H and O–H groups in total. The third kappa shape index (κ3) is 2.29. The summed E-state index contributed by atoms with van der Waals surface area (Å²) in [6.45, 7) is 0. The van der Waals surface area contributed by atoms with E-state index in [0.29, 0.717) is 10.7 Å². The molecule has 1 aromatic heterocycles. The van der Waals surface area contributed by atoms with Crippen LogP contribution in [0.5, 0.6) is 0 Å². The minimum absolute atomic E-state index is 0.501. The fraction of sp³-hybridized carbons (Fsp3) is 0.357. The summed E-state index contributed by atoms with van der Waals surface area (Å²) in [5.74, 6) is 1.76. The van der Waals surface area contributed by atoms with Gasteiger partial charge in [0, 0.05) is 23.6 Å². The average molecular weight is 291 g/mol. The molecule has 1 aliphatic rings. The molecule has 3 rings (SSSR count). The zero-order chi connectivity index (χ0) is 11.7. The van der Waals surface area contributed by atoms with Gasteiger partial charge in [0.2, 0.25) is 0 Å². The Balaban J connectivity index is 1.68. The van der Waals surface area contributed by atoms with Crippen molar-refractivity contribution in [1.29, 1.82) is 0 Å². The van der Waals surface area contributed by atoms with Crippen LogP contribution in [0.15, 0.2) is 36.7 Å². The van der Waals surface area contributed by atoms with E-state index in [-0.39, 0.29) is 0 Å². The molecule has 0 radical (unpaired) electrons. The molecular weight excluding hydrogens is 276 g/mol. The largest absolute Gasteiger partial charge is 0.349 e. The van der Waals surface area contributed by atoms with Gasteiger partial charge in [-0.05, 0) is 29.9 Å². The van der Waals surface area contributed by atoms with Crippen LogP contribution >= 0.6 is 15.9 Å². The first-order valence-electron chi connectivity index (χ1n) is 6.02. The van der Waals surface area contributed by atoms with Gasteiger partial charge in [-0.3, -0.25) is 0 Å². The van der Waals surface area contributed by atoms with Crippen molar-refractivity contribution in [3.63, 3.8) is 0 Å². The summed E-state index contributed by atoms with van der Waals surface area (Å²) in [7, 11) is 0. The topological polar surface area (TPSA) is 28.7 Å². The number of aromatic nitrogens is 2. The fourth-order valence-electron chi connectivity index (χ4n) is 2.61. The van der Waals surface area contributed by atoms with Crippen molar-refractivity contribution < 1.29 is 0 Å². The molecule has 0 fully saturated rings.